The van der Waals surface area contributed by atoms with Crippen LogP contribution in [0.25, 0.3) is 0 Å². The van der Waals surface area contributed by atoms with Crippen molar-refractivity contribution >= 4 is 33.2 Å². The lowest BCUT2D eigenvalue weighted by atomic mass is 9.92. The molecule has 0 bridgehead atoms. The number of carbonyl (C=O) groups excluding carboxylic acids is 4. The van der Waals surface area contributed by atoms with Gasteiger partial charge in [-0.2, -0.15) is 0 Å². The molecule has 3 amide bonds. The van der Waals surface area contributed by atoms with E-state index in [1.54, 1.807) is 9.24 Å². The SMILES string of the molecule is NC(=O)OCC(COC(N)=O)(COC(N)=O)COC(=O)P. The van der Waals surface area contributed by atoms with Crippen LogP contribution < -0.4 is 17.2 Å². The Morgan fingerprint density at radius 2 is 1.00 bits per heavy atom. The molecule has 0 aliphatic carbocycles. The Balaban J connectivity index is 5.02. The minimum atomic E-state index is -1.40. The summed E-state index contributed by atoms with van der Waals surface area (Å²) in [6.45, 7) is -1.83. The van der Waals surface area contributed by atoms with Gasteiger partial charge in [0, 0.05) is 0 Å². The molecule has 0 aromatic heterocycles. The first-order valence-electron chi connectivity index (χ1n) is 5.36. The number of nitrogens with two attached hydrogens (primary N) is 3. The van der Waals surface area contributed by atoms with Crippen molar-refractivity contribution in [2.75, 3.05) is 26.4 Å². The van der Waals surface area contributed by atoms with Crippen molar-refractivity contribution in [1.29, 1.82) is 0 Å². The second-order valence-electron chi connectivity index (χ2n) is 3.93. The first-order valence-corrected chi connectivity index (χ1v) is 5.93. The van der Waals surface area contributed by atoms with Crippen LogP contribution in [-0.2, 0) is 18.9 Å². The zero-order chi connectivity index (χ0) is 16.5. The van der Waals surface area contributed by atoms with Crippen molar-refractivity contribution in [3.8, 4) is 0 Å². The number of rotatable bonds is 8. The molecule has 1 atom stereocenters. The Morgan fingerprint density at radius 1 is 0.714 bits per heavy atom. The van der Waals surface area contributed by atoms with Gasteiger partial charge in [0.25, 0.3) is 0 Å². The van der Waals surface area contributed by atoms with E-state index in [0.717, 1.165) is 0 Å². The molecule has 21 heavy (non-hydrogen) atoms. The quantitative estimate of drug-likeness (QED) is 0.385. The van der Waals surface area contributed by atoms with Crippen LogP contribution in [0.5, 0.6) is 0 Å². The van der Waals surface area contributed by atoms with E-state index >= 15 is 0 Å². The van der Waals surface area contributed by atoms with E-state index in [1.807, 2.05) is 0 Å². The molecule has 0 saturated heterocycles. The van der Waals surface area contributed by atoms with Crippen LogP contribution >= 0.6 is 9.24 Å². The summed E-state index contributed by atoms with van der Waals surface area (Å²) in [7, 11) is 1.74. The van der Waals surface area contributed by atoms with E-state index in [9.17, 15) is 19.2 Å². The molecule has 0 aromatic rings. The third-order valence-electron chi connectivity index (χ3n) is 2.08. The number of carbonyl (C=O) groups is 4. The third-order valence-corrected chi connectivity index (χ3v) is 2.25. The highest BCUT2D eigenvalue weighted by atomic mass is 31.0. The predicted octanol–water partition coefficient (Wildman–Crippen LogP) is -0.730. The highest BCUT2D eigenvalue weighted by Gasteiger charge is 2.37. The van der Waals surface area contributed by atoms with Gasteiger partial charge in [0.15, 0.2) is 0 Å². The molecule has 0 fully saturated rings. The minimum absolute atomic E-state index is 0.414. The number of amides is 3. The molecule has 0 aliphatic rings. The average molecular weight is 325 g/mol. The van der Waals surface area contributed by atoms with E-state index in [1.165, 1.54) is 0 Å². The van der Waals surface area contributed by atoms with Crippen molar-refractivity contribution in [2.45, 2.75) is 0 Å². The maximum absolute atomic E-state index is 10.8. The molecule has 0 rings (SSSR count). The molecule has 0 saturated carbocycles. The van der Waals surface area contributed by atoms with E-state index in [4.69, 9.17) is 21.9 Å². The molecular weight excluding hydrogens is 309 g/mol. The van der Waals surface area contributed by atoms with Crippen LogP contribution in [0.3, 0.4) is 0 Å². The lowest BCUT2D eigenvalue weighted by Crippen LogP contribution is -2.44. The number of primary amides is 3. The zero-order valence-corrected chi connectivity index (χ0v) is 12.1. The van der Waals surface area contributed by atoms with Crippen LogP contribution in [0.2, 0.25) is 0 Å². The van der Waals surface area contributed by atoms with E-state index < -0.39 is 55.8 Å². The summed E-state index contributed by atoms with van der Waals surface area (Å²) in [5.74, 6) is 0. The Labute approximate surface area is 121 Å². The van der Waals surface area contributed by atoms with Gasteiger partial charge < -0.3 is 36.1 Å². The maximum atomic E-state index is 10.8. The molecule has 0 radical (unpaired) electrons. The normalized spacial score (nSPS) is 10.3. The second-order valence-corrected chi connectivity index (χ2v) is 4.40. The Morgan fingerprint density at radius 3 is 1.24 bits per heavy atom. The number of hydrogen-bond donors (Lipinski definition) is 3. The van der Waals surface area contributed by atoms with Crippen LogP contribution in [0.4, 0.5) is 19.2 Å². The summed E-state index contributed by atoms with van der Waals surface area (Å²) < 4.78 is 18.5. The van der Waals surface area contributed by atoms with Crippen LogP contribution in [0, 0.1) is 5.41 Å². The van der Waals surface area contributed by atoms with Crippen LogP contribution in [-0.4, -0.2) is 50.4 Å². The van der Waals surface area contributed by atoms with E-state index in [-0.39, 0.29) is 0 Å². The topological polar surface area (TPSA) is 183 Å². The molecule has 0 aromatic carbocycles. The van der Waals surface area contributed by atoms with Gasteiger partial charge in [-0.15, -0.1) is 0 Å². The molecule has 0 heterocycles. The summed E-state index contributed by atoms with van der Waals surface area (Å²) in [6, 6.07) is 0. The van der Waals surface area contributed by atoms with Crippen molar-refractivity contribution < 1.29 is 38.1 Å². The van der Waals surface area contributed by atoms with E-state index in [0.29, 0.717) is 0 Å². The molecule has 6 N–H and O–H groups in total. The van der Waals surface area contributed by atoms with Gasteiger partial charge in [0.2, 0.25) is 0 Å². The van der Waals surface area contributed by atoms with Crippen molar-refractivity contribution in [1.82, 2.24) is 0 Å². The van der Waals surface area contributed by atoms with E-state index in [2.05, 4.69) is 14.2 Å². The zero-order valence-electron chi connectivity index (χ0n) is 10.9. The third kappa shape index (κ3) is 9.27. The Kier molecular flexibility index (Phi) is 7.84. The molecule has 0 spiro atoms. The fourth-order valence-corrected chi connectivity index (χ4v) is 1.23. The van der Waals surface area contributed by atoms with Crippen molar-refractivity contribution in [3.63, 3.8) is 0 Å². The van der Waals surface area contributed by atoms with Crippen LogP contribution in [0.1, 0.15) is 0 Å². The highest BCUT2D eigenvalue weighted by molar-refractivity contribution is 7.39. The smallest absolute Gasteiger partial charge is 0.404 e. The van der Waals surface area contributed by atoms with Gasteiger partial charge in [-0.05, 0) is 9.24 Å². The molecule has 120 valence electrons. The van der Waals surface area contributed by atoms with Crippen molar-refractivity contribution in [3.05, 3.63) is 0 Å². The van der Waals surface area contributed by atoms with Gasteiger partial charge >= 0.3 is 24.0 Å². The van der Waals surface area contributed by atoms with Crippen molar-refractivity contribution in [2.24, 2.45) is 22.6 Å². The summed E-state index contributed by atoms with van der Waals surface area (Å²) in [4.78, 5) is 42.9. The number of ether oxygens (including phenoxy) is 4. The Hall–Kier alpha value is -2.29. The van der Waals surface area contributed by atoms with Gasteiger partial charge in [0.05, 0.1) is 0 Å². The van der Waals surface area contributed by atoms with Gasteiger partial charge in [-0.1, -0.05) is 0 Å². The fraction of sp³-hybridized carbons (Fsp3) is 0.556. The average Bonchev–Trinajstić information content (AvgIpc) is 2.36. The monoisotopic (exact) mass is 325 g/mol. The predicted molar refractivity (Wildman–Crippen MR) is 70.1 cm³/mol. The molecule has 11 nitrogen and oxygen atoms in total. The Bertz CT molecular complexity index is 338. The largest absolute Gasteiger partial charge is 0.462 e. The lowest BCUT2D eigenvalue weighted by Gasteiger charge is -2.30. The second kappa shape index (κ2) is 8.80. The summed E-state index contributed by atoms with van der Waals surface area (Å²) in [6.07, 6.45) is -3.39. The molecular formula is C9H16N3O8P. The van der Waals surface area contributed by atoms with Gasteiger partial charge in [0.1, 0.15) is 31.8 Å². The summed E-state index contributed by atoms with van der Waals surface area (Å²) >= 11 is 0. The molecule has 1 unspecified atom stereocenters. The fourth-order valence-electron chi connectivity index (χ4n) is 1.15. The van der Waals surface area contributed by atoms with Gasteiger partial charge in [-0.3, -0.25) is 0 Å². The summed E-state index contributed by atoms with van der Waals surface area (Å²) in [5, 5.41) is 0. The first kappa shape index (κ1) is 18.7. The summed E-state index contributed by atoms with van der Waals surface area (Å²) in [5.41, 5.74) is 12.4. The number of hydrogen-bond acceptors (Lipinski definition) is 8. The first-order chi connectivity index (χ1) is 9.67. The standard InChI is InChI=1S/C9H16N3O8P/c10-5(13)17-1-9(2-18-6(11)14,3-19-7(12)15)4-20-8(16)21/h1-4,21H2,(H2,10,13)(H2,11,14)(H2,12,15). The molecule has 12 heteroatoms. The minimum Gasteiger partial charge on any atom is -0.462 e. The van der Waals surface area contributed by atoms with Crippen LogP contribution in [0.15, 0.2) is 0 Å². The highest BCUT2D eigenvalue weighted by Crippen LogP contribution is 2.21. The maximum Gasteiger partial charge on any atom is 0.404 e. The molecule has 0 aliphatic heterocycles. The van der Waals surface area contributed by atoms with Gasteiger partial charge in [-0.25, -0.2) is 19.2 Å². The lowest BCUT2D eigenvalue weighted by molar-refractivity contribution is -0.0422.